The largest absolute Gasteiger partial charge is 1.00 e. The van der Waals surface area contributed by atoms with Crippen LogP contribution in [-0.2, 0) is 11.2 Å². The number of carboxylic acid groups (broad SMARTS) is 1. The molecule has 0 unspecified atom stereocenters. The molecule has 10 heteroatoms. The Morgan fingerprint density at radius 2 is 1.66 bits per heavy atom. The number of benzene rings is 2. The van der Waals surface area contributed by atoms with Crippen LogP contribution in [0, 0.1) is 5.82 Å². The summed E-state index contributed by atoms with van der Waals surface area (Å²) >= 11 is 0. The second-order valence-electron chi connectivity index (χ2n) is 9.54. The van der Waals surface area contributed by atoms with Gasteiger partial charge in [0.1, 0.15) is 5.82 Å². The van der Waals surface area contributed by atoms with Crippen LogP contribution in [0.5, 0.6) is 0 Å². The SMILES string of the molecule is CC(C)c1c(C(=O)N[C@H](C)c2ccccc2)nn(-c2ccc(F)cc2)c1CC[C@@H](O)C[C@@H](O)CC(=O)O.[H-].[Na+]. The van der Waals surface area contributed by atoms with Gasteiger partial charge < -0.3 is 22.1 Å². The maximum Gasteiger partial charge on any atom is 1.00 e. The van der Waals surface area contributed by atoms with E-state index in [0.717, 1.165) is 5.56 Å². The summed E-state index contributed by atoms with van der Waals surface area (Å²) in [6.45, 7) is 5.78. The van der Waals surface area contributed by atoms with Crippen molar-refractivity contribution in [2.75, 3.05) is 0 Å². The van der Waals surface area contributed by atoms with E-state index in [2.05, 4.69) is 10.4 Å². The van der Waals surface area contributed by atoms with Gasteiger partial charge in [0.05, 0.1) is 30.4 Å². The van der Waals surface area contributed by atoms with Gasteiger partial charge in [-0.1, -0.05) is 44.2 Å². The standard InChI is InChI=1S/C28H34FN3O5.Na.H/c1-17(2)26-24(14-13-22(33)15-23(34)16-25(35)36)32(21-11-9-20(29)10-12-21)31-27(26)28(37)30-18(3)19-7-5-4-6-8-19;;/h4-12,17-18,22-23,33-34H,13-16H2,1-3H3,(H,30,37)(H,35,36);;/q;+1;-1/t18-,22-,23-;;/m1../s1. The molecule has 200 valence electrons. The van der Waals surface area contributed by atoms with Gasteiger partial charge in [-0.05, 0) is 61.9 Å². The number of carbonyl (C=O) groups excluding carboxylic acids is 1. The number of aromatic nitrogens is 2. The quantitative estimate of drug-likeness (QED) is 0.259. The number of hydrogen-bond donors (Lipinski definition) is 4. The molecule has 3 rings (SSSR count). The summed E-state index contributed by atoms with van der Waals surface area (Å²) in [7, 11) is 0. The third kappa shape index (κ3) is 8.47. The Balaban J connectivity index is 0.00000380. The number of carboxylic acids is 1. The number of carbonyl (C=O) groups is 2. The third-order valence-electron chi connectivity index (χ3n) is 6.20. The molecule has 1 amide bonds. The molecule has 0 aliphatic carbocycles. The molecule has 0 saturated carbocycles. The summed E-state index contributed by atoms with van der Waals surface area (Å²) in [6, 6.07) is 15.1. The molecule has 2 aromatic carbocycles. The van der Waals surface area contributed by atoms with Gasteiger partial charge in [-0.15, -0.1) is 0 Å². The fourth-order valence-corrected chi connectivity index (χ4v) is 4.39. The van der Waals surface area contributed by atoms with Crippen molar-refractivity contribution in [3.63, 3.8) is 0 Å². The van der Waals surface area contributed by atoms with Crippen LogP contribution < -0.4 is 34.9 Å². The topological polar surface area (TPSA) is 125 Å². The Labute approximate surface area is 245 Å². The van der Waals surface area contributed by atoms with Crippen LogP contribution in [0.25, 0.3) is 5.69 Å². The van der Waals surface area contributed by atoms with Crippen LogP contribution in [0.2, 0.25) is 0 Å². The molecule has 0 spiro atoms. The van der Waals surface area contributed by atoms with E-state index in [1.54, 1.807) is 16.8 Å². The Hall–Kier alpha value is -2.56. The van der Waals surface area contributed by atoms with E-state index < -0.39 is 30.4 Å². The Morgan fingerprint density at radius 1 is 1.03 bits per heavy atom. The first-order chi connectivity index (χ1) is 17.6. The third-order valence-corrected chi connectivity index (χ3v) is 6.20. The summed E-state index contributed by atoms with van der Waals surface area (Å²) in [5.74, 6) is -1.98. The molecule has 8 nitrogen and oxygen atoms in total. The Bertz CT molecular complexity index is 1210. The van der Waals surface area contributed by atoms with Gasteiger partial charge in [-0.25, -0.2) is 9.07 Å². The minimum atomic E-state index is -1.17. The first kappa shape index (κ1) is 31.7. The van der Waals surface area contributed by atoms with Crippen LogP contribution in [0.3, 0.4) is 0 Å². The zero-order chi connectivity index (χ0) is 27.1. The van der Waals surface area contributed by atoms with Gasteiger partial charge in [-0.2, -0.15) is 5.10 Å². The van der Waals surface area contributed by atoms with Gasteiger partial charge in [0.15, 0.2) is 5.69 Å². The Morgan fingerprint density at radius 3 is 2.24 bits per heavy atom. The summed E-state index contributed by atoms with van der Waals surface area (Å²) in [6.07, 6.45) is -2.14. The molecule has 0 fully saturated rings. The molecule has 0 bridgehead atoms. The second-order valence-corrected chi connectivity index (χ2v) is 9.54. The van der Waals surface area contributed by atoms with E-state index in [0.29, 0.717) is 23.4 Å². The summed E-state index contributed by atoms with van der Waals surface area (Å²) < 4.78 is 15.2. The van der Waals surface area contributed by atoms with Crippen molar-refractivity contribution in [1.29, 1.82) is 0 Å². The van der Waals surface area contributed by atoms with Crippen LogP contribution in [0.4, 0.5) is 4.39 Å². The zero-order valence-electron chi connectivity index (χ0n) is 23.3. The van der Waals surface area contributed by atoms with Crippen molar-refractivity contribution in [2.45, 2.75) is 70.6 Å². The van der Waals surface area contributed by atoms with Gasteiger partial charge in [0.25, 0.3) is 5.91 Å². The molecule has 3 atom stereocenters. The maximum atomic E-state index is 13.6. The Kier molecular flexibility index (Phi) is 12.1. The van der Waals surface area contributed by atoms with Gasteiger partial charge >= 0.3 is 35.5 Å². The average Bonchev–Trinajstić information content (AvgIpc) is 3.23. The number of aliphatic carboxylic acids is 1. The number of nitrogens with zero attached hydrogens (tertiary/aromatic N) is 2. The molecule has 1 heterocycles. The van der Waals surface area contributed by atoms with Crippen molar-refractivity contribution in [3.05, 3.63) is 82.9 Å². The van der Waals surface area contributed by atoms with E-state index in [1.165, 1.54) is 12.1 Å². The van der Waals surface area contributed by atoms with Crippen molar-refractivity contribution >= 4 is 11.9 Å². The predicted molar refractivity (Wildman–Crippen MR) is 138 cm³/mol. The van der Waals surface area contributed by atoms with E-state index in [1.807, 2.05) is 51.1 Å². The molecule has 0 aliphatic rings. The number of rotatable bonds is 12. The van der Waals surface area contributed by atoms with E-state index in [9.17, 15) is 24.2 Å². The fraction of sp³-hybridized carbons (Fsp3) is 0.393. The van der Waals surface area contributed by atoms with Crippen molar-refractivity contribution in [3.8, 4) is 5.69 Å². The average molecular weight is 536 g/mol. The number of halogens is 1. The first-order valence-corrected chi connectivity index (χ1v) is 12.4. The maximum absolute atomic E-state index is 13.6. The van der Waals surface area contributed by atoms with Gasteiger partial charge in [-0.3, -0.25) is 9.59 Å². The van der Waals surface area contributed by atoms with Crippen LogP contribution in [0.1, 0.15) is 80.7 Å². The van der Waals surface area contributed by atoms with E-state index >= 15 is 0 Å². The van der Waals surface area contributed by atoms with Crippen molar-refractivity contribution in [2.24, 2.45) is 0 Å². The molecule has 38 heavy (non-hydrogen) atoms. The normalized spacial score (nSPS) is 13.4. The van der Waals surface area contributed by atoms with Crippen LogP contribution in [0.15, 0.2) is 54.6 Å². The van der Waals surface area contributed by atoms with Gasteiger partial charge in [0, 0.05) is 11.3 Å². The molecule has 0 aliphatic heterocycles. The zero-order valence-corrected chi connectivity index (χ0v) is 24.3. The minimum Gasteiger partial charge on any atom is -1.00 e. The monoisotopic (exact) mass is 535 g/mol. The first-order valence-electron chi connectivity index (χ1n) is 12.4. The molecule has 0 radical (unpaired) electrons. The van der Waals surface area contributed by atoms with Crippen molar-refractivity contribution < 1.29 is 60.3 Å². The molecule has 1 aromatic heterocycles. The van der Waals surface area contributed by atoms with E-state index in [4.69, 9.17) is 5.11 Å². The van der Waals surface area contributed by atoms with Crippen LogP contribution in [-0.4, -0.2) is 49.2 Å². The summed E-state index contributed by atoms with van der Waals surface area (Å²) in [5.41, 5.74) is 3.15. The molecular weight excluding hydrogens is 500 g/mol. The molecule has 0 saturated heterocycles. The number of aliphatic hydroxyl groups is 2. The number of hydrogen-bond acceptors (Lipinski definition) is 5. The minimum absolute atomic E-state index is 0. The fourth-order valence-electron chi connectivity index (χ4n) is 4.39. The molecule has 3 aromatic rings. The van der Waals surface area contributed by atoms with Crippen molar-refractivity contribution in [1.82, 2.24) is 15.1 Å². The predicted octanol–water partition coefficient (Wildman–Crippen LogP) is 1.26. The van der Waals surface area contributed by atoms with Crippen LogP contribution >= 0.6 is 0 Å². The summed E-state index contributed by atoms with van der Waals surface area (Å²) in [5, 5.41) is 36.9. The summed E-state index contributed by atoms with van der Waals surface area (Å²) in [4.78, 5) is 24.2. The number of aliphatic hydroxyl groups excluding tert-OH is 2. The number of amides is 1. The number of nitrogens with one attached hydrogen (secondary N) is 1. The van der Waals surface area contributed by atoms with Gasteiger partial charge in [0.2, 0.25) is 0 Å². The second kappa shape index (κ2) is 14.6. The smallest absolute Gasteiger partial charge is 1.00 e. The van der Waals surface area contributed by atoms with E-state index in [-0.39, 0.29) is 67.4 Å². The molecule has 4 N–H and O–H groups in total. The molecular formula is C28H35FN3NaO5.